The lowest BCUT2D eigenvalue weighted by molar-refractivity contribution is 0.393. The average Bonchev–Trinajstić information content (AvgIpc) is 2.86. The highest BCUT2D eigenvalue weighted by molar-refractivity contribution is 5.38. The van der Waals surface area contributed by atoms with Gasteiger partial charge in [-0.05, 0) is 24.1 Å². The smallest absolute Gasteiger partial charge is 0.122 e. The van der Waals surface area contributed by atoms with Gasteiger partial charge in [0.15, 0.2) is 0 Å². The number of ether oxygens (including phenoxy) is 2. The Morgan fingerprint density at radius 3 is 2.33 bits per heavy atom. The van der Waals surface area contributed by atoms with E-state index in [0.717, 1.165) is 42.3 Å². The fourth-order valence-electron chi connectivity index (χ4n) is 2.34. The van der Waals surface area contributed by atoms with Gasteiger partial charge in [-0.15, -0.1) is 0 Å². The summed E-state index contributed by atoms with van der Waals surface area (Å²) in [6.07, 6.45) is 3.02. The van der Waals surface area contributed by atoms with Gasteiger partial charge in [-0.1, -0.05) is 6.92 Å². The van der Waals surface area contributed by atoms with Crippen molar-refractivity contribution in [1.82, 2.24) is 15.1 Å². The number of benzene rings is 1. The van der Waals surface area contributed by atoms with Gasteiger partial charge < -0.3 is 14.8 Å². The monoisotopic (exact) mass is 289 g/mol. The first-order valence-corrected chi connectivity index (χ1v) is 7.10. The second kappa shape index (κ2) is 7.13. The molecule has 1 aromatic carbocycles. The first-order valence-electron chi connectivity index (χ1n) is 7.10. The molecule has 0 radical (unpaired) electrons. The molecule has 0 saturated carbocycles. The van der Waals surface area contributed by atoms with Gasteiger partial charge in [0.25, 0.3) is 0 Å². The number of aromatic nitrogens is 2. The predicted molar refractivity (Wildman–Crippen MR) is 82.7 cm³/mol. The van der Waals surface area contributed by atoms with Gasteiger partial charge in [0.05, 0.1) is 19.9 Å². The van der Waals surface area contributed by atoms with Crippen LogP contribution in [-0.2, 0) is 26.6 Å². The van der Waals surface area contributed by atoms with Crippen molar-refractivity contribution in [2.75, 3.05) is 14.2 Å². The standard InChI is InChI=1S/C16H23N3O2/c1-5-16-13(11-19(2)18-16)10-17-9-12-6-14(20-3)8-15(7-12)21-4/h6-8,11,17H,5,9-10H2,1-4H3. The van der Waals surface area contributed by atoms with Gasteiger partial charge in [-0.25, -0.2) is 0 Å². The van der Waals surface area contributed by atoms with Gasteiger partial charge in [0.1, 0.15) is 11.5 Å². The summed E-state index contributed by atoms with van der Waals surface area (Å²) in [6, 6.07) is 5.90. The highest BCUT2D eigenvalue weighted by Crippen LogP contribution is 2.22. The first-order chi connectivity index (χ1) is 10.2. The number of aryl methyl sites for hydroxylation is 2. The molecule has 0 saturated heterocycles. The van der Waals surface area contributed by atoms with Crippen LogP contribution in [0.25, 0.3) is 0 Å². The highest BCUT2D eigenvalue weighted by Gasteiger charge is 2.06. The van der Waals surface area contributed by atoms with Crippen LogP contribution in [0.5, 0.6) is 11.5 Å². The molecule has 1 heterocycles. The normalized spacial score (nSPS) is 10.7. The predicted octanol–water partition coefficient (Wildman–Crippen LogP) is 2.29. The number of hydrogen-bond donors (Lipinski definition) is 1. The van der Waals surface area contributed by atoms with Crippen LogP contribution in [0.2, 0.25) is 0 Å². The van der Waals surface area contributed by atoms with Crippen LogP contribution in [0.4, 0.5) is 0 Å². The molecule has 0 aliphatic heterocycles. The molecule has 0 aliphatic rings. The molecular formula is C16H23N3O2. The minimum absolute atomic E-state index is 0.756. The number of rotatable bonds is 7. The molecule has 0 atom stereocenters. The number of nitrogens with one attached hydrogen (secondary N) is 1. The lowest BCUT2D eigenvalue weighted by atomic mass is 10.1. The maximum atomic E-state index is 5.28. The first kappa shape index (κ1) is 15.4. The van der Waals surface area contributed by atoms with Crippen molar-refractivity contribution >= 4 is 0 Å². The Kier molecular flexibility index (Phi) is 5.22. The molecule has 0 spiro atoms. The summed E-state index contributed by atoms with van der Waals surface area (Å²) in [5.74, 6) is 1.61. The molecule has 2 rings (SSSR count). The maximum Gasteiger partial charge on any atom is 0.122 e. The van der Waals surface area contributed by atoms with Crippen molar-refractivity contribution in [2.45, 2.75) is 26.4 Å². The molecule has 0 bridgehead atoms. The average molecular weight is 289 g/mol. The third-order valence-electron chi connectivity index (χ3n) is 3.38. The summed E-state index contributed by atoms with van der Waals surface area (Å²) in [5.41, 5.74) is 3.52. The molecule has 2 aromatic rings. The van der Waals surface area contributed by atoms with Gasteiger partial charge in [-0.3, -0.25) is 4.68 Å². The van der Waals surface area contributed by atoms with E-state index in [0.29, 0.717) is 0 Å². The van der Waals surface area contributed by atoms with E-state index >= 15 is 0 Å². The van der Waals surface area contributed by atoms with E-state index in [-0.39, 0.29) is 0 Å². The molecular weight excluding hydrogens is 266 g/mol. The van der Waals surface area contributed by atoms with Gasteiger partial charge in [0.2, 0.25) is 0 Å². The Hall–Kier alpha value is -2.01. The van der Waals surface area contributed by atoms with Gasteiger partial charge in [0, 0.05) is 38.0 Å². The summed E-state index contributed by atoms with van der Waals surface area (Å²) in [5, 5.41) is 7.89. The molecule has 1 N–H and O–H groups in total. The number of hydrogen-bond acceptors (Lipinski definition) is 4. The second-order valence-corrected chi connectivity index (χ2v) is 4.95. The quantitative estimate of drug-likeness (QED) is 0.849. The Balaban J connectivity index is 1.99. The summed E-state index contributed by atoms with van der Waals surface area (Å²) in [7, 11) is 5.28. The zero-order valence-corrected chi connectivity index (χ0v) is 13.1. The van der Waals surface area contributed by atoms with Crippen LogP contribution in [0.15, 0.2) is 24.4 Å². The minimum Gasteiger partial charge on any atom is -0.497 e. The molecule has 5 nitrogen and oxygen atoms in total. The summed E-state index contributed by atoms with van der Waals surface area (Å²) < 4.78 is 12.4. The number of methoxy groups -OCH3 is 2. The number of nitrogens with zero attached hydrogens (tertiary/aromatic N) is 2. The van der Waals surface area contributed by atoms with E-state index in [9.17, 15) is 0 Å². The fourth-order valence-corrected chi connectivity index (χ4v) is 2.34. The molecule has 21 heavy (non-hydrogen) atoms. The largest absolute Gasteiger partial charge is 0.497 e. The van der Waals surface area contributed by atoms with Crippen LogP contribution < -0.4 is 14.8 Å². The zero-order valence-electron chi connectivity index (χ0n) is 13.1. The minimum atomic E-state index is 0.756. The zero-order chi connectivity index (χ0) is 15.2. The van der Waals surface area contributed by atoms with Crippen molar-refractivity contribution in [1.29, 1.82) is 0 Å². The fraction of sp³-hybridized carbons (Fsp3) is 0.438. The SMILES string of the molecule is CCc1nn(C)cc1CNCc1cc(OC)cc(OC)c1. The van der Waals surface area contributed by atoms with Crippen LogP contribution in [0.1, 0.15) is 23.7 Å². The van der Waals surface area contributed by atoms with E-state index in [2.05, 4.69) is 23.5 Å². The maximum absolute atomic E-state index is 5.28. The van der Waals surface area contributed by atoms with E-state index in [4.69, 9.17) is 9.47 Å². The highest BCUT2D eigenvalue weighted by atomic mass is 16.5. The second-order valence-electron chi connectivity index (χ2n) is 4.95. The molecule has 1 aromatic heterocycles. The van der Waals surface area contributed by atoms with Crippen molar-refractivity contribution in [3.63, 3.8) is 0 Å². The lowest BCUT2D eigenvalue weighted by Gasteiger charge is -2.09. The Bertz CT molecular complexity index is 571. The molecule has 0 unspecified atom stereocenters. The molecule has 114 valence electrons. The Morgan fingerprint density at radius 1 is 1.10 bits per heavy atom. The van der Waals surface area contributed by atoms with Crippen LogP contribution >= 0.6 is 0 Å². The third kappa shape index (κ3) is 3.98. The van der Waals surface area contributed by atoms with Crippen LogP contribution in [0.3, 0.4) is 0 Å². The summed E-state index contributed by atoms with van der Waals surface area (Å²) >= 11 is 0. The van der Waals surface area contributed by atoms with Crippen LogP contribution in [-0.4, -0.2) is 24.0 Å². The molecule has 5 heteroatoms. The Labute approximate surface area is 125 Å². The van der Waals surface area contributed by atoms with Gasteiger partial charge >= 0.3 is 0 Å². The van der Waals surface area contributed by atoms with Crippen molar-refractivity contribution in [3.8, 4) is 11.5 Å². The van der Waals surface area contributed by atoms with E-state index < -0.39 is 0 Å². The van der Waals surface area contributed by atoms with E-state index in [1.54, 1.807) is 14.2 Å². The lowest BCUT2D eigenvalue weighted by Crippen LogP contribution is -2.13. The topological polar surface area (TPSA) is 48.3 Å². The molecule has 0 fully saturated rings. The third-order valence-corrected chi connectivity index (χ3v) is 3.38. The van der Waals surface area contributed by atoms with E-state index in [1.165, 1.54) is 5.56 Å². The summed E-state index contributed by atoms with van der Waals surface area (Å²) in [4.78, 5) is 0. The van der Waals surface area contributed by atoms with Crippen molar-refractivity contribution < 1.29 is 9.47 Å². The van der Waals surface area contributed by atoms with Gasteiger partial charge in [-0.2, -0.15) is 5.10 Å². The van der Waals surface area contributed by atoms with Crippen molar-refractivity contribution in [3.05, 3.63) is 41.2 Å². The van der Waals surface area contributed by atoms with E-state index in [1.807, 2.05) is 29.9 Å². The summed E-state index contributed by atoms with van der Waals surface area (Å²) in [6.45, 7) is 3.68. The Morgan fingerprint density at radius 2 is 1.76 bits per heavy atom. The molecule has 0 amide bonds. The van der Waals surface area contributed by atoms with Crippen molar-refractivity contribution in [2.24, 2.45) is 7.05 Å². The molecule has 0 aliphatic carbocycles. The van der Waals surface area contributed by atoms with Crippen LogP contribution in [0, 0.1) is 0 Å².